The molecule has 156 valence electrons. The van der Waals surface area contributed by atoms with E-state index in [1.165, 1.54) is 0 Å². The first-order valence-electron chi connectivity index (χ1n) is 10.1. The molecule has 0 unspecified atom stereocenters. The number of benzene rings is 2. The van der Waals surface area contributed by atoms with Crippen molar-refractivity contribution in [3.05, 3.63) is 65.2 Å². The maximum atomic E-state index is 13.0. The number of nitrogens with zero attached hydrogens (tertiary/aromatic N) is 1. The van der Waals surface area contributed by atoms with E-state index in [2.05, 4.69) is 5.32 Å². The minimum absolute atomic E-state index is 0.0599. The topological polar surface area (TPSA) is 58.6 Å². The quantitative estimate of drug-likeness (QED) is 0.697. The summed E-state index contributed by atoms with van der Waals surface area (Å²) in [6.07, 6.45) is 0.834. The maximum absolute atomic E-state index is 13.0. The van der Waals surface area contributed by atoms with Gasteiger partial charge < -0.3 is 15.0 Å². The van der Waals surface area contributed by atoms with Crippen LogP contribution in [0.15, 0.2) is 48.5 Å². The third-order valence-corrected chi connectivity index (χ3v) is 4.99. The number of nitrogens with one attached hydrogen (secondary N) is 1. The van der Waals surface area contributed by atoms with Crippen molar-refractivity contribution in [2.75, 3.05) is 6.61 Å². The van der Waals surface area contributed by atoms with Gasteiger partial charge in [-0.25, -0.2) is 0 Å². The van der Waals surface area contributed by atoms with Crippen LogP contribution in [0.2, 0.25) is 0 Å². The van der Waals surface area contributed by atoms with Crippen LogP contribution in [-0.4, -0.2) is 35.4 Å². The van der Waals surface area contributed by atoms with Crippen molar-refractivity contribution in [3.63, 3.8) is 0 Å². The molecule has 2 aromatic rings. The fourth-order valence-corrected chi connectivity index (χ4v) is 2.92. The van der Waals surface area contributed by atoms with Crippen LogP contribution in [0.5, 0.6) is 5.75 Å². The average Bonchev–Trinajstić information content (AvgIpc) is 2.70. The molecule has 0 radical (unpaired) electrons. The van der Waals surface area contributed by atoms with Gasteiger partial charge in [-0.05, 0) is 51.8 Å². The molecule has 0 aliphatic heterocycles. The van der Waals surface area contributed by atoms with Crippen molar-refractivity contribution >= 4 is 11.8 Å². The molecule has 5 heteroatoms. The van der Waals surface area contributed by atoms with Crippen molar-refractivity contribution < 1.29 is 14.3 Å². The van der Waals surface area contributed by atoms with Gasteiger partial charge in [-0.2, -0.15) is 0 Å². The van der Waals surface area contributed by atoms with Gasteiger partial charge in [0, 0.05) is 12.6 Å². The number of aryl methyl sites for hydroxylation is 2. The fraction of sp³-hybridized carbons (Fsp3) is 0.417. The highest BCUT2D eigenvalue weighted by molar-refractivity contribution is 5.88. The van der Waals surface area contributed by atoms with Gasteiger partial charge in [0.1, 0.15) is 11.8 Å². The van der Waals surface area contributed by atoms with Crippen molar-refractivity contribution in [1.82, 2.24) is 10.2 Å². The Kier molecular flexibility index (Phi) is 8.25. The van der Waals surface area contributed by atoms with E-state index in [0.717, 1.165) is 23.1 Å². The van der Waals surface area contributed by atoms with Crippen LogP contribution in [-0.2, 0) is 16.1 Å². The Balaban J connectivity index is 2.14. The third kappa shape index (κ3) is 6.93. The molecule has 2 atom stereocenters. The van der Waals surface area contributed by atoms with E-state index in [1.807, 2.05) is 76.2 Å². The van der Waals surface area contributed by atoms with E-state index in [-0.39, 0.29) is 24.5 Å². The predicted octanol–water partition coefficient (Wildman–Crippen LogP) is 4.01. The van der Waals surface area contributed by atoms with Crippen molar-refractivity contribution in [1.29, 1.82) is 0 Å². The molecule has 0 fully saturated rings. The second-order valence-electron chi connectivity index (χ2n) is 7.61. The Morgan fingerprint density at radius 1 is 1.03 bits per heavy atom. The average molecular weight is 397 g/mol. The van der Waals surface area contributed by atoms with E-state index in [1.54, 1.807) is 11.8 Å². The molecule has 1 N–H and O–H groups in total. The molecular weight excluding hydrogens is 364 g/mol. The lowest BCUT2D eigenvalue weighted by Gasteiger charge is -2.29. The SMILES string of the molecule is CC[C@H](C)NC(=O)[C@H](C)N(Cc1cccc(C)c1)C(=O)COc1ccc(C)cc1. The monoisotopic (exact) mass is 396 g/mol. The molecule has 0 aliphatic rings. The van der Waals surface area contributed by atoms with Gasteiger partial charge in [-0.15, -0.1) is 0 Å². The van der Waals surface area contributed by atoms with Crippen LogP contribution in [0.1, 0.15) is 43.9 Å². The molecule has 0 bridgehead atoms. The number of hydrogen-bond donors (Lipinski definition) is 1. The number of carbonyl (C=O) groups is 2. The fourth-order valence-electron chi connectivity index (χ4n) is 2.92. The van der Waals surface area contributed by atoms with Crippen molar-refractivity contribution in [2.45, 2.75) is 59.7 Å². The van der Waals surface area contributed by atoms with Gasteiger partial charge in [0.25, 0.3) is 5.91 Å². The third-order valence-electron chi connectivity index (χ3n) is 4.99. The Hall–Kier alpha value is -2.82. The van der Waals surface area contributed by atoms with Gasteiger partial charge >= 0.3 is 0 Å². The Labute approximate surface area is 174 Å². The van der Waals surface area contributed by atoms with Gasteiger partial charge in [0.15, 0.2) is 6.61 Å². The summed E-state index contributed by atoms with van der Waals surface area (Å²) >= 11 is 0. The summed E-state index contributed by atoms with van der Waals surface area (Å²) in [7, 11) is 0. The van der Waals surface area contributed by atoms with E-state index in [0.29, 0.717) is 12.3 Å². The molecule has 0 aromatic heterocycles. The van der Waals surface area contributed by atoms with Crippen molar-refractivity contribution in [2.24, 2.45) is 0 Å². The summed E-state index contributed by atoms with van der Waals surface area (Å²) in [5.41, 5.74) is 3.22. The summed E-state index contributed by atoms with van der Waals surface area (Å²) in [5.74, 6) is 0.255. The molecule has 0 heterocycles. The highest BCUT2D eigenvalue weighted by Gasteiger charge is 2.27. The van der Waals surface area contributed by atoms with Gasteiger partial charge in [-0.1, -0.05) is 54.4 Å². The number of amides is 2. The van der Waals surface area contributed by atoms with Crippen molar-refractivity contribution in [3.8, 4) is 5.75 Å². The van der Waals surface area contributed by atoms with Gasteiger partial charge in [0.2, 0.25) is 5.91 Å². The normalized spacial score (nSPS) is 12.7. The molecule has 2 rings (SSSR count). The molecule has 5 nitrogen and oxygen atoms in total. The van der Waals surface area contributed by atoms with E-state index >= 15 is 0 Å². The number of rotatable bonds is 9. The highest BCUT2D eigenvalue weighted by Crippen LogP contribution is 2.14. The van der Waals surface area contributed by atoms with Crippen LogP contribution in [0.3, 0.4) is 0 Å². The molecule has 29 heavy (non-hydrogen) atoms. The first kappa shape index (κ1) is 22.5. The first-order chi connectivity index (χ1) is 13.8. The zero-order chi connectivity index (χ0) is 21.4. The minimum Gasteiger partial charge on any atom is -0.484 e. The van der Waals surface area contributed by atoms with Crippen LogP contribution in [0.4, 0.5) is 0 Å². The van der Waals surface area contributed by atoms with E-state index in [4.69, 9.17) is 4.74 Å². The second kappa shape index (κ2) is 10.6. The van der Waals surface area contributed by atoms with Crippen LogP contribution in [0, 0.1) is 13.8 Å². The Morgan fingerprint density at radius 3 is 2.34 bits per heavy atom. The number of hydrogen-bond acceptors (Lipinski definition) is 3. The number of ether oxygens (including phenoxy) is 1. The lowest BCUT2D eigenvalue weighted by atomic mass is 10.1. The minimum atomic E-state index is -0.598. The van der Waals surface area contributed by atoms with Crippen LogP contribution in [0.25, 0.3) is 0 Å². The summed E-state index contributed by atoms with van der Waals surface area (Å²) in [5, 5.41) is 2.97. The smallest absolute Gasteiger partial charge is 0.261 e. The molecular formula is C24H32N2O3. The molecule has 2 amide bonds. The predicted molar refractivity (Wildman–Crippen MR) is 116 cm³/mol. The molecule has 2 aromatic carbocycles. The van der Waals surface area contributed by atoms with E-state index < -0.39 is 6.04 Å². The molecule has 0 spiro atoms. The molecule has 0 saturated carbocycles. The van der Waals surface area contributed by atoms with Crippen LogP contribution >= 0.6 is 0 Å². The standard InChI is InChI=1S/C24H32N2O3/c1-6-19(4)25-24(28)20(5)26(15-21-9-7-8-18(3)14-21)23(27)16-29-22-12-10-17(2)11-13-22/h7-14,19-20H,6,15-16H2,1-5H3,(H,25,28)/t19-,20-/m0/s1. The maximum Gasteiger partial charge on any atom is 0.261 e. The van der Waals surface area contributed by atoms with Crippen LogP contribution < -0.4 is 10.1 Å². The second-order valence-corrected chi connectivity index (χ2v) is 7.61. The Morgan fingerprint density at radius 2 is 1.72 bits per heavy atom. The molecule has 0 aliphatic carbocycles. The zero-order valence-corrected chi connectivity index (χ0v) is 18.1. The van der Waals surface area contributed by atoms with E-state index in [9.17, 15) is 9.59 Å². The zero-order valence-electron chi connectivity index (χ0n) is 18.1. The Bertz CT molecular complexity index is 817. The summed E-state index contributed by atoms with van der Waals surface area (Å²) in [6.45, 7) is 9.98. The number of carbonyl (C=O) groups excluding carboxylic acids is 2. The highest BCUT2D eigenvalue weighted by atomic mass is 16.5. The largest absolute Gasteiger partial charge is 0.484 e. The van der Waals surface area contributed by atoms with Gasteiger partial charge in [-0.3, -0.25) is 9.59 Å². The lowest BCUT2D eigenvalue weighted by Crippen LogP contribution is -2.50. The van der Waals surface area contributed by atoms with Gasteiger partial charge in [0.05, 0.1) is 0 Å². The lowest BCUT2D eigenvalue weighted by molar-refractivity contribution is -0.142. The molecule has 0 saturated heterocycles. The summed E-state index contributed by atoms with van der Waals surface area (Å²) in [4.78, 5) is 27.3. The first-order valence-corrected chi connectivity index (χ1v) is 10.1. The summed E-state index contributed by atoms with van der Waals surface area (Å²) in [6, 6.07) is 15.0. The summed E-state index contributed by atoms with van der Waals surface area (Å²) < 4.78 is 5.67.